The van der Waals surface area contributed by atoms with Crippen LogP contribution in [-0.4, -0.2) is 38.4 Å². The fraction of sp³-hybridized carbons (Fsp3) is 0.412. The summed E-state index contributed by atoms with van der Waals surface area (Å²) >= 11 is 0. The Morgan fingerprint density at radius 2 is 2.00 bits per heavy atom. The van der Waals surface area contributed by atoms with Crippen LogP contribution in [0.1, 0.15) is 22.9 Å². The van der Waals surface area contributed by atoms with Crippen molar-refractivity contribution in [2.75, 3.05) is 20.3 Å². The van der Waals surface area contributed by atoms with Crippen LogP contribution in [0.5, 0.6) is 5.75 Å². The molecule has 3 rings (SSSR count). The van der Waals surface area contributed by atoms with Crippen LogP contribution in [-0.2, 0) is 17.5 Å². The standard InChI is InChI=1S/C17H22N2O3S/c1-12-9-14(22-3)10-13(2)17(12)23(21)19-8-7-18-6-4-5-15(18)16(19)11-20/h4-6,9-10,16,20H,7-8,11H2,1-3H3. The molecule has 2 unspecified atom stereocenters. The number of aliphatic hydroxyl groups is 1. The molecule has 1 N–H and O–H groups in total. The lowest BCUT2D eigenvalue weighted by Crippen LogP contribution is -2.40. The molecule has 0 spiro atoms. The molecule has 1 aliphatic rings. The SMILES string of the molecule is COc1cc(C)c(S(=O)N2CCn3cccc3C2CO)c(C)c1. The van der Waals surface area contributed by atoms with E-state index in [0.29, 0.717) is 6.54 Å². The fourth-order valence-electron chi connectivity index (χ4n) is 3.25. The van der Waals surface area contributed by atoms with Crippen LogP contribution < -0.4 is 4.74 Å². The summed E-state index contributed by atoms with van der Waals surface area (Å²) in [7, 11) is 0.310. The first-order valence-electron chi connectivity index (χ1n) is 7.66. The number of hydrogen-bond acceptors (Lipinski definition) is 3. The molecule has 5 nitrogen and oxygen atoms in total. The third-order valence-corrected chi connectivity index (χ3v) is 6.20. The van der Waals surface area contributed by atoms with Crippen LogP contribution in [0.25, 0.3) is 0 Å². The van der Waals surface area contributed by atoms with Crippen LogP contribution in [0.15, 0.2) is 35.4 Å². The van der Waals surface area contributed by atoms with Crippen molar-refractivity contribution >= 4 is 11.0 Å². The average Bonchev–Trinajstić information content (AvgIpc) is 3.01. The number of ether oxygens (including phenoxy) is 1. The number of hydrogen-bond donors (Lipinski definition) is 1. The molecule has 0 amide bonds. The van der Waals surface area contributed by atoms with Gasteiger partial charge in [-0.05, 0) is 49.2 Å². The second kappa shape index (κ2) is 6.47. The predicted octanol–water partition coefficient (Wildman–Crippen LogP) is 2.19. The lowest BCUT2D eigenvalue weighted by molar-refractivity contribution is 0.167. The second-order valence-corrected chi connectivity index (χ2v) is 7.18. The Hall–Kier alpha value is -1.63. The summed E-state index contributed by atoms with van der Waals surface area (Å²) < 4.78 is 22.5. The molecule has 0 saturated heterocycles. The minimum atomic E-state index is -1.32. The number of benzene rings is 1. The van der Waals surface area contributed by atoms with Gasteiger partial charge in [0.2, 0.25) is 0 Å². The van der Waals surface area contributed by atoms with Crippen molar-refractivity contribution < 1.29 is 14.1 Å². The molecule has 0 aliphatic carbocycles. The van der Waals surface area contributed by atoms with Crippen LogP contribution in [0.2, 0.25) is 0 Å². The van der Waals surface area contributed by atoms with Gasteiger partial charge in [0.05, 0.1) is 24.7 Å². The van der Waals surface area contributed by atoms with Crippen LogP contribution in [0.3, 0.4) is 0 Å². The summed E-state index contributed by atoms with van der Waals surface area (Å²) in [5, 5.41) is 9.83. The van der Waals surface area contributed by atoms with E-state index in [1.807, 2.05) is 48.6 Å². The maximum atomic E-state index is 13.2. The fourth-order valence-corrected chi connectivity index (χ4v) is 4.80. The van der Waals surface area contributed by atoms with E-state index in [1.165, 1.54) is 0 Å². The summed E-state index contributed by atoms with van der Waals surface area (Å²) in [5.74, 6) is 0.770. The largest absolute Gasteiger partial charge is 0.497 e. The van der Waals surface area contributed by atoms with E-state index in [1.54, 1.807) is 7.11 Å². The Morgan fingerprint density at radius 1 is 1.30 bits per heavy atom. The summed E-state index contributed by atoms with van der Waals surface area (Å²) in [4.78, 5) is 0.809. The van der Waals surface area contributed by atoms with Gasteiger partial charge in [0.15, 0.2) is 0 Å². The summed E-state index contributed by atoms with van der Waals surface area (Å²) in [5.41, 5.74) is 2.89. The van der Waals surface area contributed by atoms with Crippen molar-refractivity contribution in [2.45, 2.75) is 31.3 Å². The molecule has 0 radical (unpaired) electrons. The van der Waals surface area contributed by atoms with Crippen molar-refractivity contribution in [1.29, 1.82) is 0 Å². The van der Waals surface area contributed by atoms with Gasteiger partial charge in [0, 0.05) is 25.0 Å². The highest BCUT2D eigenvalue weighted by atomic mass is 32.2. The molecule has 2 aromatic rings. The minimum absolute atomic E-state index is 0.0516. The van der Waals surface area contributed by atoms with Crippen molar-refractivity contribution in [3.63, 3.8) is 0 Å². The highest BCUT2D eigenvalue weighted by Gasteiger charge is 2.32. The normalized spacial score (nSPS) is 19.4. The topological polar surface area (TPSA) is 54.7 Å². The summed E-state index contributed by atoms with van der Waals surface area (Å²) in [6.45, 7) is 5.26. The van der Waals surface area contributed by atoms with Crippen LogP contribution in [0.4, 0.5) is 0 Å². The van der Waals surface area contributed by atoms with E-state index in [-0.39, 0.29) is 12.6 Å². The maximum Gasteiger partial charge on any atom is 0.128 e. The second-order valence-electron chi connectivity index (χ2n) is 5.80. The van der Waals surface area contributed by atoms with Gasteiger partial charge in [-0.3, -0.25) is 0 Å². The Labute approximate surface area is 139 Å². The Morgan fingerprint density at radius 3 is 2.61 bits per heavy atom. The molecular weight excluding hydrogens is 312 g/mol. The van der Waals surface area contributed by atoms with Gasteiger partial charge in [0.25, 0.3) is 0 Å². The first kappa shape index (κ1) is 16.2. The Kier molecular flexibility index (Phi) is 4.57. The van der Waals surface area contributed by atoms with Crippen molar-refractivity contribution in [3.05, 3.63) is 47.3 Å². The monoisotopic (exact) mass is 334 g/mol. The molecule has 124 valence electrons. The summed E-state index contributed by atoms with van der Waals surface area (Å²) in [6, 6.07) is 7.51. The third kappa shape index (κ3) is 2.82. The quantitative estimate of drug-likeness (QED) is 0.932. The first-order valence-corrected chi connectivity index (χ1v) is 8.77. The molecule has 0 saturated carbocycles. The van der Waals surface area contributed by atoms with Gasteiger partial charge >= 0.3 is 0 Å². The van der Waals surface area contributed by atoms with E-state index in [9.17, 15) is 9.32 Å². The van der Waals surface area contributed by atoms with E-state index < -0.39 is 11.0 Å². The smallest absolute Gasteiger partial charge is 0.128 e. The van der Waals surface area contributed by atoms with Gasteiger partial charge < -0.3 is 14.4 Å². The molecular formula is C17H22N2O3S. The van der Waals surface area contributed by atoms with E-state index in [2.05, 4.69) is 4.57 Å². The summed E-state index contributed by atoms with van der Waals surface area (Å²) in [6.07, 6.45) is 2.00. The zero-order valence-electron chi connectivity index (χ0n) is 13.7. The highest BCUT2D eigenvalue weighted by molar-refractivity contribution is 7.82. The van der Waals surface area contributed by atoms with Gasteiger partial charge in [-0.2, -0.15) is 0 Å². The highest BCUT2D eigenvalue weighted by Crippen LogP contribution is 2.32. The first-order chi connectivity index (χ1) is 11.1. The zero-order valence-corrected chi connectivity index (χ0v) is 14.5. The lowest BCUT2D eigenvalue weighted by Gasteiger charge is -2.35. The zero-order chi connectivity index (χ0) is 16.6. The van der Waals surface area contributed by atoms with E-state index in [4.69, 9.17) is 4.74 Å². The number of nitrogens with zero attached hydrogens (tertiary/aromatic N) is 2. The van der Waals surface area contributed by atoms with E-state index in [0.717, 1.165) is 34.0 Å². The average molecular weight is 334 g/mol. The molecule has 0 fully saturated rings. The van der Waals surface area contributed by atoms with Crippen molar-refractivity contribution in [2.24, 2.45) is 0 Å². The number of aryl methyl sites for hydroxylation is 2. The number of fused-ring (bicyclic) bond motifs is 1. The van der Waals surface area contributed by atoms with Gasteiger partial charge in [-0.25, -0.2) is 8.51 Å². The third-order valence-electron chi connectivity index (χ3n) is 4.35. The molecule has 6 heteroatoms. The Bertz CT molecular complexity index is 718. The Balaban J connectivity index is 1.98. The van der Waals surface area contributed by atoms with Crippen molar-refractivity contribution in [1.82, 2.24) is 8.87 Å². The number of aliphatic hydroxyl groups excluding tert-OH is 1. The number of methoxy groups -OCH3 is 1. The maximum absolute atomic E-state index is 13.2. The molecule has 0 bridgehead atoms. The molecule has 1 aromatic heterocycles. The number of rotatable bonds is 4. The van der Waals surface area contributed by atoms with Crippen LogP contribution >= 0.6 is 0 Å². The molecule has 2 atom stereocenters. The van der Waals surface area contributed by atoms with Gasteiger partial charge in [-0.1, -0.05) is 0 Å². The number of aromatic nitrogens is 1. The molecule has 1 aliphatic heterocycles. The van der Waals surface area contributed by atoms with Gasteiger partial charge in [0.1, 0.15) is 16.7 Å². The predicted molar refractivity (Wildman–Crippen MR) is 89.8 cm³/mol. The lowest BCUT2D eigenvalue weighted by atomic mass is 10.1. The minimum Gasteiger partial charge on any atom is -0.497 e. The van der Waals surface area contributed by atoms with Crippen molar-refractivity contribution in [3.8, 4) is 5.75 Å². The van der Waals surface area contributed by atoms with E-state index >= 15 is 0 Å². The molecule has 1 aromatic carbocycles. The molecule has 23 heavy (non-hydrogen) atoms. The molecule has 2 heterocycles. The van der Waals surface area contributed by atoms with Crippen LogP contribution in [0, 0.1) is 13.8 Å². The van der Waals surface area contributed by atoms with Gasteiger partial charge in [-0.15, -0.1) is 0 Å².